The summed E-state index contributed by atoms with van der Waals surface area (Å²) in [5, 5.41) is 3.16. The molecule has 1 aliphatic heterocycles. The van der Waals surface area contributed by atoms with Crippen LogP contribution >= 0.6 is 0 Å². The number of benzene rings is 2. The highest BCUT2D eigenvalue weighted by Gasteiger charge is 2.17. The van der Waals surface area contributed by atoms with Crippen molar-refractivity contribution in [1.29, 1.82) is 0 Å². The molecule has 2 atom stereocenters. The van der Waals surface area contributed by atoms with Crippen LogP contribution in [0.25, 0.3) is 0 Å². The molecule has 2 aromatic rings. The van der Waals surface area contributed by atoms with Gasteiger partial charge in [0.1, 0.15) is 0 Å². The zero-order valence-electron chi connectivity index (χ0n) is 19.4. The summed E-state index contributed by atoms with van der Waals surface area (Å²) in [5.41, 5.74) is 5.15. The predicted octanol–water partition coefficient (Wildman–Crippen LogP) is 6.03. The minimum absolute atomic E-state index is 0.0232. The van der Waals surface area contributed by atoms with Gasteiger partial charge in [-0.2, -0.15) is 0 Å². The molecule has 0 aliphatic carbocycles. The highest BCUT2D eigenvalue weighted by Crippen LogP contribution is 2.25. The quantitative estimate of drug-likeness (QED) is 0.635. The summed E-state index contributed by atoms with van der Waals surface area (Å²) in [6.45, 7) is 13.3. The van der Waals surface area contributed by atoms with Crippen molar-refractivity contribution in [1.82, 2.24) is 5.32 Å². The van der Waals surface area contributed by atoms with Gasteiger partial charge in [-0.3, -0.25) is 4.79 Å². The molecule has 0 bridgehead atoms. The summed E-state index contributed by atoms with van der Waals surface area (Å²) in [5.74, 6) is 0.873. The third-order valence-electron chi connectivity index (χ3n) is 6.25. The summed E-state index contributed by atoms with van der Waals surface area (Å²) in [6.07, 6.45) is 3.89. The Kier molecular flexibility index (Phi) is 7.23. The lowest BCUT2D eigenvalue weighted by molar-refractivity contribution is -0.121. The van der Waals surface area contributed by atoms with E-state index in [2.05, 4.69) is 93.4 Å². The van der Waals surface area contributed by atoms with Crippen LogP contribution in [0.5, 0.6) is 0 Å². The SMILES string of the molecule is C[C@@H]1CCCN(c2ccc([C@@H](C)NC(=O)CCc3ccc(C(C)(C)C)cc3)cc2)C1. The van der Waals surface area contributed by atoms with E-state index in [9.17, 15) is 4.79 Å². The second-order valence-corrected chi connectivity index (χ2v) is 10.0. The fourth-order valence-electron chi connectivity index (χ4n) is 4.22. The molecule has 0 unspecified atom stereocenters. The normalized spacial score (nSPS) is 18.2. The van der Waals surface area contributed by atoms with Crippen LogP contribution in [0.2, 0.25) is 0 Å². The number of carbonyl (C=O) groups excluding carboxylic acids is 1. The first-order chi connectivity index (χ1) is 14.2. The van der Waals surface area contributed by atoms with Crippen molar-refractivity contribution in [3.05, 3.63) is 65.2 Å². The second-order valence-electron chi connectivity index (χ2n) is 10.0. The standard InChI is InChI=1S/C27H38N2O/c1-20-7-6-18-29(19-20)25-15-11-23(12-16-25)21(2)28-26(30)17-10-22-8-13-24(14-9-22)27(3,4)5/h8-9,11-16,20-21H,6-7,10,17-19H2,1-5H3,(H,28,30)/t20-,21-/m1/s1. The smallest absolute Gasteiger partial charge is 0.220 e. The van der Waals surface area contributed by atoms with Crippen LogP contribution in [0, 0.1) is 5.92 Å². The largest absolute Gasteiger partial charge is 0.371 e. The Morgan fingerprint density at radius 3 is 2.37 bits per heavy atom. The third-order valence-corrected chi connectivity index (χ3v) is 6.25. The number of anilines is 1. The molecule has 0 aromatic heterocycles. The van der Waals surface area contributed by atoms with E-state index in [4.69, 9.17) is 0 Å². The highest BCUT2D eigenvalue weighted by molar-refractivity contribution is 5.76. The van der Waals surface area contributed by atoms with E-state index in [0.29, 0.717) is 6.42 Å². The van der Waals surface area contributed by atoms with Gasteiger partial charge in [0.05, 0.1) is 6.04 Å². The van der Waals surface area contributed by atoms with Crippen molar-refractivity contribution in [2.24, 2.45) is 5.92 Å². The first-order valence-electron chi connectivity index (χ1n) is 11.5. The summed E-state index contributed by atoms with van der Waals surface area (Å²) in [7, 11) is 0. The first-order valence-corrected chi connectivity index (χ1v) is 11.5. The van der Waals surface area contributed by atoms with E-state index < -0.39 is 0 Å². The number of hydrogen-bond donors (Lipinski definition) is 1. The Morgan fingerprint density at radius 1 is 1.10 bits per heavy atom. The fourth-order valence-corrected chi connectivity index (χ4v) is 4.22. The number of nitrogens with zero attached hydrogens (tertiary/aromatic N) is 1. The average molecular weight is 407 g/mol. The van der Waals surface area contributed by atoms with Gasteiger partial charge in [0.25, 0.3) is 0 Å². The molecule has 1 saturated heterocycles. The Bertz CT molecular complexity index is 817. The maximum atomic E-state index is 12.5. The van der Waals surface area contributed by atoms with Crippen molar-refractivity contribution < 1.29 is 4.79 Å². The Hall–Kier alpha value is -2.29. The van der Waals surface area contributed by atoms with Crippen molar-refractivity contribution in [3.63, 3.8) is 0 Å². The van der Waals surface area contributed by atoms with E-state index in [-0.39, 0.29) is 17.4 Å². The van der Waals surface area contributed by atoms with E-state index >= 15 is 0 Å². The number of nitrogens with one attached hydrogen (secondary N) is 1. The van der Waals surface area contributed by atoms with Crippen molar-refractivity contribution in [2.45, 2.75) is 71.8 Å². The summed E-state index contributed by atoms with van der Waals surface area (Å²) >= 11 is 0. The Labute approximate surface area is 182 Å². The van der Waals surface area contributed by atoms with Crippen molar-refractivity contribution in [3.8, 4) is 0 Å². The molecular weight excluding hydrogens is 368 g/mol. The minimum Gasteiger partial charge on any atom is -0.371 e. The van der Waals surface area contributed by atoms with E-state index in [1.54, 1.807) is 0 Å². The fraction of sp³-hybridized carbons (Fsp3) is 0.519. The van der Waals surface area contributed by atoms with Crippen LogP contribution in [0.4, 0.5) is 5.69 Å². The highest BCUT2D eigenvalue weighted by atomic mass is 16.1. The third kappa shape index (κ3) is 6.10. The Balaban J connectivity index is 1.49. The molecule has 1 N–H and O–H groups in total. The van der Waals surface area contributed by atoms with Crippen LogP contribution in [-0.4, -0.2) is 19.0 Å². The lowest BCUT2D eigenvalue weighted by atomic mass is 9.86. The van der Waals surface area contributed by atoms with E-state index in [1.807, 2.05) is 0 Å². The van der Waals surface area contributed by atoms with E-state index in [0.717, 1.165) is 31.0 Å². The first kappa shape index (κ1) is 22.4. The van der Waals surface area contributed by atoms with Crippen molar-refractivity contribution >= 4 is 11.6 Å². The number of carbonyl (C=O) groups is 1. The number of amides is 1. The van der Waals surface area contributed by atoms with Gasteiger partial charge in [0.15, 0.2) is 0 Å². The molecule has 0 radical (unpaired) electrons. The molecular formula is C27H38N2O. The molecule has 1 aliphatic rings. The van der Waals surface area contributed by atoms with Crippen molar-refractivity contribution in [2.75, 3.05) is 18.0 Å². The number of piperidine rings is 1. The monoisotopic (exact) mass is 406 g/mol. The minimum atomic E-state index is 0.0232. The predicted molar refractivity (Wildman–Crippen MR) is 127 cm³/mol. The maximum absolute atomic E-state index is 12.5. The zero-order chi connectivity index (χ0) is 21.7. The average Bonchev–Trinajstić information content (AvgIpc) is 2.72. The molecule has 1 heterocycles. The van der Waals surface area contributed by atoms with Crippen LogP contribution < -0.4 is 10.2 Å². The van der Waals surface area contributed by atoms with Gasteiger partial charge in [-0.25, -0.2) is 0 Å². The second kappa shape index (κ2) is 9.68. The topological polar surface area (TPSA) is 32.3 Å². The number of aryl methyl sites for hydroxylation is 1. The van der Waals surface area contributed by atoms with Crippen LogP contribution in [0.15, 0.2) is 48.5 Å². The van der Waals surface area contributed by atoms with Crippen LogP contribution in [0.1, 0.15) is 76.6 Å². The van der Waals surface area contributed by atoms with Gasteiger partial charge in [-0.15, -0.1) is 0 Å². The molecule has 2 aromatic carbocycles. The molecule has 3 nitrogen and oxygen atoms in total. The van der Waals surface area contributed by atoms with Crippen LogP contribution in [-0.2, 0) is 16.6 Å². The number of hydrogen-bond acceptors (Lipinski definition) is 2. The number of rotatable bonds is 6. The van der Waals surface area contributed by atoms with Crippen LogP contribution in [0.3, 0.4) is 0 Å². The van der Waals surface area contributed by atoms with Gasteiger partial charge in [0, 0.05) is 25.2 Å². The van der Waals surface area contributed by atoms with Gasteiger partial charge in [-0.05, 0) is 66.3 Å². The molecule has 0 spiro atoms. The maximum Gasteiger partial charge on any atom is 0.220 e. The summed E-state index contributed by atoms with van der Waals surface area (Å²) in [6, 6.07) is 17.4. The van der Waals surface area contributed by atoms with Gasteiger partial charge in [0.2, 0.25) is 5.91 Å². The van der Waals surface area contributed by atoms with Gasteiger partial charge >= 0.3 is 0 Å². The zero-order valence-corrected chi connectivity index (χ0v) is 19.4. The summed E-state index contributed by atoms with van der Waals surface area (Å²) in [4.78, 5) is 14.9. The Morgan fingerprint density at radius 2 is 1.77 bits per heavy atom. The lowest BCUT2D eigenvalue weighted by Gasteiger charge is -2.33. The molecule has 30 heavy (non-hydrogen) atoms. The molecule has 1 fully saturated rings. The molecule has 0 saturated carbocycles. The summed E-state index contributed by atoms with van der Waals surface area (Å²) < 4.78 is 0. The van der Waals surface area contributed by atoms with E-state index in [1.165, 1.54) is 29.7 Å². The molecule has 162 valence electrons. The molecule has 3 heteroatoms. The van der Waals surface area contributed by atoms with Gasteiger partial charge < -0.3 is 10.2 Å². The lowest BCUT2D eigenvalue weighted by Crippen LogP contribution is -2.34. The molecule has 1 amide bonds. The van der Waals surface area contributed by atoms with Gasteiger partial charge in [-0.1, -0.05) is 64.1 Å². The molecule has 3 rings (SSSR count).